The van der Waals surface area contributed by atoms with Crippen molar-refractivity contribution >= 4 is 24.7 Å². The van der Waals surface area contributed by atoms with Gasteiger partial charge >= 0.3 is 131 Å². The molecule has 0 aliphatic rings. The van der Waals surface area contributed by atoms with Crippen molar-refractivity contribution in [2.45, 2.75) is 89.9 Å². The summed E-state index contributed by atoms with van der Waals surface area (Å²) in [5, 5.41) is 0. The van der Waals surface area contributed by atoms with E-state index in [9.17, 15) is 4.79 Å². The van der Waals surface area contributed by atoms with Crippen LogP contribution in [0.2, 0.25) is 17.7 Å². The molecule has 0 spiro atoms. The first-order valence-electron chi connectivity index (χ1n) is 8.83. The summed E-state index contributed by atoms with van der Waals surface area (Å²) in [6.45, 7) is 6.99. The molecule has 0 radical (unpaired) electrons. The van der Waals surface area contributed by atoms with Gasteiger partial charge in [0.1, 0.15) is 0 Å². The van der Waals surface area contributed by atoms with Gasteiger partial charge < -0.3 is 0 Å². The number of unbranched alkanes of at least 4 members (excludes halogenated alkanes) is 4. The first kappa shape index (κ1) is 20.2. The van der Waals surface area contributed by atoms with E-state index in [0.29, 0.717) is 6.42 Å². The predicted octanol–water partition coefficient (Wildman–Crippen LogP) is 6.37. The quantitative estimate of drug-likeness (QED) is 0.147. The van der Waals surface area contributed by atoms with Crippen LogP contribution in [-0.2, 0) is 4.79 Å². The first-order chi connectivity index (χ1) is 9.74. The summed E-state index contributed by atoms with van der Waals surface area (Å²) in [5.74, 6) is 0. The standard InChI is InChI=1S/C6H9O.3C4H9.Sn/c1-2-3-4-5-6-7;3*1-3-4-2;/h2-3,6H,1,4-5H2;3*1,3-4H2,2H3;/b3-2+;;;;. The fraction of sp³-hybridized carbons (Fsp3) is 0.833. The van der Waals surface area contributed by atoms with Gasteiger partial charge in [-0.25, -0.2) is 0 Å². The van der Waals surface area contributed by atoms with Crippen molar-refractivity contribution in [2.24, 2.45) is 0 Å². The Labute approximate surface area is 131 Å². The second-order valence-corrected chi connectivity index (χ2v) is 20.2. The Morgan fingerprint density at radius 3 is 1.65 bits per heavy atom. The van der Waals surface area contributed by atoms with Crippen LogP contribution in [0, 0.1) is 0 Å². The van der Waals surface area contributed by atoms with Gasteiger partial charge in [0.15, 0.2) is 0 Å². The number of allylic oxidation sites excluding steroid dienone is 2. The molecular weight excluding hydrogens is 351 g/mol. The van der Waals surface area contributed by atoms with Gasteiger partial charge in [0.25, 0.3) is 0 Å². The van der Waals surface area contributed by atoms with E-state index in [1.807, 2.05) is 0 Å². The van der Waals surface area contributed by atoms with Crippen molar-refractivity contribution in [3.63, 3.8) is 0 Å². The van der Waals surface area contributed by atoms with Crippen LogP contribution in [0.4, 0.5) is 0 Å². The van der Waals surface area contributed by atoms with E-state index in [-0.39, 0.29) is 0 Å². The fourth-order valence-corrected chi connectivity index (χ4v) is 18.2. The van der Waals surface area contributed by atoms with Gasteiger partial charge in [-0.05, 0) is 0 Å². The second kappa shape index (κ2) is 14.2. The first-order valence-corrected chi connectivity index (χ1v) is 16.9. The average Bonchev–Trinajstić information content (AvgIpc) is 2.48. The molecule has 0 aromatic heterocycles. The van der Waals surface area contributed by atoms with Crippen LogP contribution in [0.25, 0.3) is 0 Å². The van der Waals surface area contributed by atoms with Gasteiger partial charge in [-0.3, -0.25) is 0 Å². The van der Waals surface area contributed by atoms with Crippen LogP contribution >= 0.6 is 0 Å². The Balaban J connectivity index is 4.56. The molecule has 0 aliphatic heterocycles. The van der Waals surface area contributed by atoms with Gasteiger partial charge in [0.05, 0.1) is 0 Å². The van der Waals surface area contributed by atoms with Crippen molar-refractivity contribution in [3.05, 3.63) is 12.2 Å². The number of hydrogen-bond donors (Lipinski definition) is 0. The molecule has 0 fully saturated rings. The molecule has 0 N–H and O–H groups in total. The van der Waals surface area contributed by atoms with E-state index >= 15 is 0 Å². The molecule has 0 saturated carbocycles. The summed E-state index contributed by atoms with van der Waals surface area (Å²) in [6, 6.07) is 0. The average molecular weight is 387 g/mol. The van der Waals surface area contributed by atoms with Gasteiger partial charge in [-0.2, -0.15) is 0 Å². The van der Waals surface area contributed by atoms with Gasteiger partial charge in [-0.1, -0.05) is 0 Å². The van der Waals surface area contributed by atoms with Crippen molar-refractivity contribution in [1.29, 1.82) is 0 Å². The maximum absolute atomic E-state index is 10.4. The van der Waals surface area contributed by atoms with E-state index in [1.165, 1.54) is 43.0 Å². The molecule has 0 atom stereocenters. The van der Waals surface area contributed by atoms with Crippen LogP contribution in [-0.4, -0.2) is 24.7 Å². The Morgan fingerprint density at radius 1 is 0.750 bits per heavy atom. The van der Waals surface area contributed by atoms with Crippen molar-refractivity contribution < 1.29 is 4.79 Å². The van der Waals surface area contributed by atoms with E-state index in [4.69, 9.17) is 0 Å². The molecule has 118 valence electrons. The van der Waals surface area contributed by atoms with Crippen molar-refractivity contribution in [1.82, 2.24) is 0 Å². The molecule has 2 heteroatoms. The normalized spacial score (nSPS) is 12.2. The fourth-order valence-electron chi connectivity index (χ4n) is 2.95. The van der Waals surface area contributed by atoms with Gasteiger partial charge in [0.2, 0.25) is 0 Å². The number of rotatable bonds is 14. The van der Waals surface area contributed by atoms with Gasteiger partial charge in [0, 0.05) is 0 Å². The van der Waals surface area contributed by atoms with Gasteiger partial charge in [-0.15, -0.1) is 0 Å². The SMILES string of the molecule is CCC[CH2][Sn]([CH2]/C=C/CCC=O)([CH2]CCC)[CH2]CCC. The summed E-state index contributed by atoms with van der Waals surface area (Å²) in [7, 11) is 0. The van der Waals surface area contributed by atoms with Crippen LogP contribution in [0.1, 0.15) is 72.1 Å². The van der Waals surface area contributed by atoms with Crippen molar-refractivity contribution in [3.8, 4) is 0 Å². The Morgan fingerprint density at radius 2 is 1.25 bits per heavy atom. The third kappa shape index (κ3) is 10.0. The second-order valence-electron chi connectivity index (χ2n) is 6.23. The number of hydrogen-bond acceptors (Lipinski definition) is 1. The summed E-state index contributed by atoms with van der Waals surface area (Å²) >= 11 is -1.92. The Hall–Kier alpha value is 0.209. The third-order valence-electron chi connectivity index (χ3n) is 4.35. The molecule has 0 heterocycles. The van der Waals surface area contributed by atoms with E-state index in [1.54, 1.807) is 13.3 Å². The van der Waals surface area contributed by atoms with Crippen molar-refractivity contribution in [2.75, 3.05) is 0 Å². The molecule has 0 rings (SSSR count). The predicted molar refractivity (Wildman–Crippen MR) is 94.1 cm³/mol. The zero-order chi connectivity index (χ0) is 15.1. The number of carbonyl (C=O) groups is 1. The van der Waals surface area contributed by atoms with Crippen LogP contribution in [0.5, 0.6) is 0 Å². The molecule has 0 amide bonds. The molecule has 0 unspecified atom stereocenters. The topological polar surface area (TPSA) is 17.1 Å². The van der Waals surface area contributed by atoms with Crippen LogP contribution < -0.4 is 0 Å². The van der Waals surface area contributed by atoms with E-state index in [0.717, 1.165) is 12.7 Å². The molecule has 0 bridgehead atoms. The molecular formula is C18H36OSn. The minimum atomic E-state index is -1.92. The summed E-state index contributed by atoms with van der Waals surface area (Å²) in [4.78, 5) is 10.4. The molecule has 0 aliphatic carbocycles. The summed E-state index contributed by atoms with van der Waals surface area (Å²) < 4.78 is 6.18. The molecule has 20 heavy (non-hydrogen) atoms. The molecule has 0 aromatic rings. The van der Waals surface area contributed by atoms with Crippen LogP contribution in [0.3, 0.4) is 0 Å². The summed E-state index contributed by atoms with van der Waals surface area (Å²) in [6.07, 6.45) is 15.8. The van der Waals surface area contributed by atoms with Crippen LogP contribution in [0.15, 0.2) is 12.2 Å². The number of aldehydes is 1. The van der Waals surface area contributed by atoms with E-state index in [2.05, 4.69) is 32.9 Å². The third-order valence-corrected chi connectivity index (χ3v) is 19.6. The summed E-state index contributed by atoms with van der Waals surface area (Å²) in [5.41, 5.74) is 0. The zero-order valence-electron chi connectivity index (χ0n) is 14.1. The Bertz CT molecular complexity index is 226. The molecule has 0 aromatic carbocycles. The maximum atomic E-state index is 10.4. The zero-order valence-corrected chi connectivity index (χ0v) is 17.0. The monoisotopic (exact) mass is 388 g/mol. The number of carbonyl (C=O) groups excluding carboxylic acids is 1. The molecule has 0 saturated heterocycles. The molecule has 1 nitrogen and oxygen atoms in total. The minimum absolute atomic E-state index is 0.692. The van der Waals surface area contributed by atoms with E-state index < -0.39 is 18.4 Å². The Kier molecular flexibility index (Phi) is 14.3.